The average Bonchev–Trinajstić information content (AvgIpc) is 2.27. The van der Waals surface area contributed by atoms with Gasteiger partial charge in [-0.15, -0.1) is 0 Å². The number of hydrogen-bond donors (Lipinski definition) is 1. The molecule has 1 aliphatic heterocycles. The van der Waals surface area contributed by atoms with E-state index in [1.807, 2.05) is 4.90 Å². The second kappa shape index (κ2) is 3.78. The van der Waals surface area contributed by atoms with Gasteiger partial charge in [0, 0.05) is 12.1 Å². The molecule has 0 bridgehead atoms. The van der Waals surface area contributed by atoms with Crippen LogP contribution in [0.2, 0.25) is 0 Å². The van der Waals surface area contributed by atoms with Crippen molar-refractivity contribution in [3.8, 4) is 0 Å². The molecule has 1 heterocycles. The van der Waals surface area contributed by atoms with Crippen molar-refractivity contribution in [3.63, 3.8) is 0 Å². The van der Waals surface area contributed by atoms with E-state index < -0.39 is 0 Å². The molecule has 1 rings (SSSR count). The third-order valence-corrected chi connectivity index (χ3v) is 2.94. The van der Waals surface area contributed by atoms with Crippen LogP contribution in [0.4, 0.5) is 0 Å². The van der Waals surface area contributed by atoms with E-state index in [0.29, 0.717) is 0 Å². The van der Waals surface area contributed by atoms with Gasteiger partial charge in [0.15, 0.2) is 0 Å². The number of carbonyl (C=O) groups is 1. The summed E-state index contributed by atoms with van der Waals surface area (Å²) in [6.45, 7) is 11.7. The minimum atomic E-state index is -0.274. The molecule has 88 valence electrons. The zero-order valence-corrected chi connectivity index (χ0v) is 10.6. The van der Waals surface area contributed by atoms with Crippen LogP contribution in [0.1, 0.15) is 47.5 Å². The predicted molar refractivity (Wildman–Crippen MR) is 62.5 cm³/mol. The van der Waals surface area contributed by atoms with Gasteiger partial charge in [-0.2, -0.15) is 0 Å². The molecule has 15 heavy (non-hydrogen) atoms. The molecule has 3 heteroatoms. The van der Waals surface area contributed by atoms with Crippen molar-refractivity contribution in [2.45, 2.75) is 59.0 Å². The lowest BCUT2D eigenvalue weighted by molar-refractivity contribution is -0.134. The van der Waals surface area contributed by atoms with Crippen molar-refractivity contribution in [2.24, 2.45) is 11.1 Å². The lowest BCUT2D eigenvalue weighted by Crippen LogP contribution is -2.49. The van der Waals surface area contributed by atoms with Crippen LogP contribution in [0, 0.1) is 5.41 Å². The van der Waals surface area contributed by atoms with Gasteiger partial charge in [0.25, 0.3) is 0 Å². The van der Waals surface area contributed by atoms with E-state index in [9.17, 15) is 4.79 Å². The third kappa shape index (κ3) is 2.94. The summed E-state index contributed by atoms with van der Waals surface area (Å²) < 4.78 is 0. The monoisotopic (exact) mass is 212 g/mol. The molecule has 0 aromatic carbocycles. The number of nitrogens with two attached hydrogens (primary N) is 1. The van der Waals surface area contributed by atoms with Crippen molar-refractivity contribution >= 4 is 5.91 Å². The van der Waals surface area contributed by atoms with Gasteiger partial charge in [0.05, 0.1) is 6.04 Å². The Balaban J connectivity index is 2.74. The number of rotatable bonds is 2. The molecule has 0 saturated carbocycles. The van der Waals surface area contributed by atoms with E-state index in [0.717, 1.165) is 19.4 Å². The topological polar surface area (TPSA) is 46.3 Å². The van der Waals surface area contributed by atoms with Crippen molar-refractivity contribution in [1.29, 1.82) is 0 Å². The number of carbonyl (C=O) groups excluding carboxylic acids is 1. The fourth-order valence-corrected chi connectivity index (χ4v) is 2.70. The molecule has 0 aliphatic carbocycles. The highest BCUT2D eigenvalue weighted by atomic mass is 16.2. The van der Waals surface area contributed by atoms with Crippen molar-refractivity contribution in [2.75, 3.05) is 6.54 Å². The Hall–Kier alpha value is -0.570. The van der Waals surface area contributed by atoms with Crippen LogP contribution in [0.25, 0.3) is 0 Å². The summed E-state index contributed by atoms with van der Waals surface area (Å²) >= 11 is 0. The van der Waals surface area contributed by atoms with E-state index in [1.54, 1.807) is 0 Å². The Bertz CT molecular complexity index is 253. The van der Waals surface area contributed by atoms with Crippen molar-refractivity contribution in [3.05, 3.63) is 0 Å². The normalized spacial score (nSPS) is 23.7. The van der Waals surface area contributed by atoms with Crippen molar-refractivity contribution < 1.29 is 4.79 Å². The molecule has 0 spiro atoms. The van der Waals surface area contributed by atoms with Gasteiger partial charge in [0.2, 0.25) is 5.91 Å². The molecule has 1 fully saturated rings. The van der Waals surface area contributed by atoms with E-state index in [-0.39, 0.29) is 22.9 Å². The second-order valence-corrected chi connectivity index (χ2v) is 6.43. The maximum Gasteiger partial charge on any atom is 0.239 e. The maximum absolute atomic E-state index is 11.8. The molecule has 3 nitrogen and oxygen atoms in total. The Kier molecular flexibility index (Phi) is 3.15. The molecule has 0 aromatic heterocycles. The zero-order chi connectivity index (χ0) is 11.9. The SMILES string of the molecule is CC(C)(C)CC(C)(C)N1CCC(N)C1=O. The first kappa shape index (κ1) is 12.5. The van der Waals surface area contributed by atoms with Gasteiger partial charge < -0.3 is 10.6 Å². The van der Waals surface area contributed by atoms with Crippen LogP contribution >= 0.6 is 0 Å². The van der Waals surface area contributed by atoms with Gasteiger partial charge >= 0.3 is 0 Å². The summed E-state index contributed by atoms with van der Waals surface area (Å²) in [5, 5.41) is 0. The highest BCUT2D eigenvalue weighted by Gasteiger charge is 2.40. The van der Waals surface area contributed by atoms with E-state index in [2.05, 4.69) is 34.6 Å². The quantitative estimate of drug-likeness (QED) is 0.758. The fraction of sp³-hybridized carbons (Fsp3) is 0.917. The molecule has 0 radical (unpaired) electrons. The summed E-state index contributed by atoms with van der Waals surface area (Å²) in [7, 11) is 0. The lowest BCUT2D eigenvalue weighted by atomic mass is 9.81. The first-order valence-electron chi connectivity index (χ1n) is 5.70. The van der Waals surface area contributed by atoms with Gasteiger partial charge in [0.1, 0.15) is 0 Å². The number of amides is 1. The average molecular weight is 212 g/mol. The van der Waals surface area contributed by atoms with Gasteiger partial charge in [-0.05, 0) is 32.1 Å². The lowest BCUT2D eigenvalue weighted by Gasteiger charge is -2.40. The van der Waals surface area contributed by atoms with Crippen LogP contribution in [0.5, 0.6) is 0 Å². The highest BCUT2D eigenvalue weighted by Crippen LogP contribution is 2.33. The summed E-state index contributed by atoms with van der Waals surface area (Å²) in [6, 6.07) is -0.274. The Labute approximate surface area is 93.0 Å². The first-order chi connectivity index (χ1) is 6.63. The molecule has 1 saturated heterocycles. The van der Waals surface area contributed by atoms with Gasteiger partial charge in [-0.25, -0.2) is 0 Å². The zero-order valence-electron chi connectivity index (χ0n) is 10.6. The number of nitrogens with zero attached hydrogens (tertiary/aromatic N) is 1. The van der Waals surface area contributed by atoms with Gasteiger partial charge in [-0.3, -0.25) is 4.79 Å². The number of likely N-dealkylation sites (tertiary alicyclic amines) is 1. The summed E-state index contributed by atoms with van der Waals surface area (Å²) in [5.41, 5.74) is 5.89. The van der Waals surface area contributed by atoms with Crippen molar-refractivity contribution in [1.82, 2.24) is 4.90 Å². The van der Waals surface area contributed by atoms with Crippen LogP contribution in [0.15, 0.2) is 0 Å². The predicted octanol–water partition coefficient (Wildman–Crippen LogP) is 1.76. The van der Waals surface area contributed by atoms with Crippen LogP contribution in [-0.2, 0) is 4.79 Å². The smallest absolute Gasteiger partial charge is 0.239 e. The molecule has 1 atom stereocenters. The summed E-state index contributed by atoms with van der Waals surface area (Å²) in [4.78, 5) is 13.8. The standard InChI is InChI=1S/C12H24N2O/c1-11(2,3)8-12(4,5)14-7-6-9(13)10(14)15/h9H,6-8,13H2,1-5H3. The Morgan fingerprint density at radius 3 is 2.20 bits per heavy atom. The minimum absolute atomic E-state index is 0.0799. The van der Waals surface area contributed by atoms with E-state index >= 15 is 0 Å². The van der Waals surface area contributed by atoms with Gasteiger partial charge in [-0.1, -0.05) is 20.8 Å². The molecule has 1 aliphatic rings. The minimum Gasteiger partial charge on any atom is -0.336 e. The van der Waals surface area contributed by atoms with E-state index in [1.165, 1.54) is 0 Å². The maximum atomic E-state index is 11.8. The first-order valence-corrected chi connectivity index (χ1v) is 5.70. The molecule has 2 N–H and O–H groups in total. The van der Waals surface area contributed by atoms with E-state index in [4.69, 9.17) is 5.73 Å². The van der Waals surface area contributed by atoms with Crippen LogP contribution in [-0.4, -0.2) is 28.9 Å². The highest BCUT2D eigenvalue weighted by molar-refractivity contribution is 5.84. The fourth-order valence-electron chi connectivity index (χ4n) is 2.70. The summed E-state index contributed by atoms with van der Waals surface area (Å²) in [5.74, 6) is 0.115. The molecular weight excluding hydrogens is 188 g/mol. The molecular formula is C12H24N2O. The molecule has 1 unspecified atom stereocenters. The van der Waals surface area contributed by atoms with Crippen LogP contribution < -0.4 is 5.73 Å². The largest absolute Gasteiger partial charge is 0.336 e. The Morgan fingerprint density at radius 1 is 1.33 bits per heavy atom. The Morgan fingerprint density at radius 2 is 1.87 bits per heavy atom. The molecule has 0 aromatic rings. The molecule has 1 amide bonds. The second-order valence-electron chi connectivity index (χ2n) is 6.43. The number of hydrogen-bond acceptors (Lipinski definition) is 2. The summed E-state index contributed by atoms with van der Waals surface area (Å²) in [6.07, 6.45) is 1.80. The third-order valence-electron chi connectivity index (χ3n) is 2.94. The van der Waals surface area contributed by atoms with Crippen LogP contribution in [0.3, 0.4) is 0 Å².